The number of morpholine rings is 1. The van der Waals surface area contributed by atoms with Crippen LogP contribution in [0.25, 0.3) is 11.0 Å². The van der Waals surface area contributed by atoms with Crippen molar-refractivity contribution < 1.29 is 27.1 Å². The summed E-state index contributed by atoms with van der Waals surface area (Å²) >= 11 is 0. The molecule has 11 heteroatoms. The number of ether oxygens (including phenoxy) is 1. The maximum Gasteiger partial charge on any atom is 0.225 e. The Hall–Kier alpha value is -4.61. The van der Waals surface area contributed by atoms with Crippen LogP contribution in [0.3, 0.4) is 0 Å². The van der Waals surface area contributed by atoms with Gasteiger partial charge in [-0.05, 0) is 49.7 Å². The number of halogens is 4. The molecule has 3 aromatic carbocycles. The maximum absolute atomic E-state index is 14.9. The van der Waals surface area contributed by atoms with Crippen molar-refractivity contribution in [2.75, 3.05) is 13.2 Å². The van der Waals surface area contributed by atoms with Gasteiger partial charge in [-0.3, -0.25) is 9.79 Å². The third-order valence-corrected chi connectivity index (χ3v) is 7.78. The lowest BCUT2D eigenvalue weighted by atomic mass is 9.88. The molecule has 7 nitrogen and oxygen atoms in total. The Morgan fingerprint density at radius 3 is 2.49 bits per heavy atom. The molecule has 3 N–H and O–H groups in total. The Labute approximate surface area is 258 Å². The summed E-state index contributed by atoms with van der Waals surface area (Å²) in [7, 11) is 0. The highest BCUT2D eigenvalue weighted by atomic mass is 19.2. The number of fused-ring (bicyclic) bond motifs is 1. The van der Waals surface area contributed by atoms with E-state index in [1.165, 1.54) is 25.3 Å². The molecule has 1 aliphatic rings. The molecule has 1 aromatic heterocycles. The molecule has 0 saturated carbocycles. The molecule has 1 amide bonds. The number of imidazole rings is 1. The lowest BCUT2D eigenvalue weighted by molar-refractivity contribution is -0.120. The van der Waals surface area contributed by atoms with Crippen LogP contribution in [0.1, 0.15) is 55.1 Å². The third-order valence-electron chi connectivity index (χ3n) is 7.78. The third kappa shape index (κ3) is 7.92. The van der Waals surface area contributed by atoms with Crippen molar-refractivity contribution in [2.24, 2.45) is 4.99 Å². The van der Waals surface area contributed by atoms with Gasteiger partial charge in [-0.2, -0.15) is 0 Å². The largest absolute Gasteiger partial charge is 0.375 e. The Morgan fingerprint density at radius 1 is 1.11 bits per heavy atom. The van der Waals surface area contributed by atoms with Crippen molar-refractivity contribution in [3.05, 3.63) is 124 Å². The van der Waals surface area contributed by atoms with Gasteiger partial charge in [-0.25, -0.2) is 22.5 Å². The molecule has 0 radical (unpaired) electrons. The average molecular weight is 620 g/mol. The number of aromatic nitrogens is 2. The molecule has 1 fully saturated rings. The minimum Gasteiger partial charge on any atom is -0.375 e. The number of nitrogens with zero attached hydrogens (tertiary/aromatic N) is 2. The number of hydrogen-bond acceptors (Lipinski definition) is 5. The molecule has 4 aromatic rings. The molecular weight excluding hydrogens is 586 g/mol. The first-order valence-electron chi connectivity index (χ1n) is 14.5. The molecule has 0 aliphatic carbocycles. The van der Waals surface area contributed by atoms with Crippen molar-refractivity contribution in [1.82, 2.24) is 20.6 Å². The highest BCUT2D eigenvalue weighted by molar-refractivity contribution is 5.80. The lowest BCUT2D eigenvalue weighted by Gasteiger charge is -2.29. The van der Waals surface area contributed by atoms with E-state index in [-0.39, 0.29) is 60.5 Å². The standard InChI is InChI=1S/C34H33F4N5O2/c1-20(35)25(13-12-24-17-40-32(19-45-24)34-42-29-15-27(37)28(38)16-30(29)43-34)31(18-39-2)41-33(44)14-26(21-6-4-3-5-7-21)22-8-10-23(36)11-9-22/h3-11,15-16,18,24,26,32,40H,2,12-14,17,19H2,1H3,(H,41,44)(H,42,43)/b25-20+,31-18+/t24-,26-,32+/m1/s1. The normalized spacial score (nSPS) is 18.4. The fraction of sp³-hybridized carbons (Fsp3) is 0.265. The number of aliphatic imine (C=N–C) groups is 1. The monoisotopic (exact) mass is 619 g/mol. The average Bonchev–Trinajstić information content (AvgIpc) is 3.44. The summed E-state index contributed by atoms with van der Waals surface area (Å²) in [5.41, 5.74) is 2.80. The number of nitrogens with one attached hydrogen (secondary N) is 3. The number of H-pyrrole nitrogens is 1. The van der Waals surface area contributed by atoms with Crippen LogP contribution in [0.5, 0.6) is 0 Å². The van der Waals surface area contributed by atoms with Gasteiger partial charge in [0.15, 0.2) is 11.6 Å². The van der Waals surface area contributed by atoms with E-state index in [0.717, 1.165) is 23.3 Å². The summed E-state index contributed by atoms with van der Waals surface area (Å²) in [6.45, 7) is 5.45. The number of allylic oxidation sites excluding steroid dienone is 2. The maximum atomic E-state index is 14.9. The molecule has 234 valence electrons. The summed E-state index contributed by atoms with van der Waals surface area (Å²) in [6.07, 6.45) is 1.74. The van der Waals surface area contributed by atoms with Crippen molar-refractivity contribution in [3.8, 4) is 0 Å². The number of carbonyl (C=O) groups excluding carboxylic acids is 1. The second kappa shape index (κ2) is 14.4. The molecule has 2 heterocycles. The first-order valence-corrected chi connectivity index (χ1v) is 14.5. The fourth-order valence-electron chi connectivity index (χ4n) is 5.44. The quantitative estimate of drug-likeness (QED) is 0.0967. The Balaban J connectivity index is 1.21. The van der Waals surface area contributed by atoms with Gasteiger partial charge in [0.25, 0.3) is 0 Å². The number of rotatable bonds is 11. The van der Waals surface area contributed by atoms with Crippen molar-refractivity contribution in [3.63, 3.8) is 0 Å². The summed E-state index contributed by atoms with van der Waals surface area (Å²) in [5.74, 6) is -3.02. The number of amides is 1. The number of aromatic amines is 1. The van der Waals surface area contributed by atoms with Crippen LogP contribution in [-0.2, 0) is 9.53 Å². The van der Waals surface area contributed by atoms with E-state index in [1.807, 2.05) is 30.3 Å². The van der Waals surface area contributed by atoms with Gasteiger partial charge in [0.05, 0.1) is 41.7 Å². The van der Waals surface area contributed by atoms with E-state index in [1.54, 1.807) is 12.1 Å². The van der Waals surface area contributed by atoms with E-state index in [0.29, 0.717) is 29.8 Å². The molecule has 1 aliphatic heterocycles. The zero-order chi connectivity index (χ0) is 31.9. The van der Waals surface area contributed by atoms with Gasteiger partial charge >= 0.3 is 0 Å². The van der Waals surface area contributed by atoms with Crippen LogP contribution in [0.4, 0.5) is 17.6 Å². The second-order valence-electron chi connectivity index (χ2n) is 10.9. The zero-order valence-corrected chi connectivity index (χ0v) is 24.6. The van der Waals surface area contributed by atoms with E-state index in [9.17, 15) is 22.4 Å². The molecule has 3 atom stereocenters. The molecule has 0 unspecified atom stereocenters. The molecular formula is C34H33F4N5O2. The summed E-state index contributed by atoms with van der Waals surface area (Å²) in [4.78, 5) is 24.5. The van der Waals surface area contributed by atoms with E-state index < -0.39 is 17.5 Å². The van der Waals surface area contributed by atoms with Crippen LogP contribution >= 0.6 is 0 Å². The summed E-state index contributed by atoms with van der Waals surface area (Å²) in [5, 5.41) is 6.13. The Bertz CT molecular complexity index is 1670. The first kappa shape index (κ1) is 31.8. The van der Waals surface area contributed by atoms with Gasteiger partial charge in [-0.15, -0.1) is 0 Å². The topological polar surface area (TPSA) is 91.4 Å². The van der Waals surface area contributed by atoms with Crippen molar-refractivity contribution >= 4 is 23.7 Å². The van der Waals surface area contributed by atoms with Crippen LogP contribution in [-0.4, -0.2) is 41.8 Å². The summed E-state index contributed by atoms with van der Waals surface area (Å²) < 4.78 is 61.7. The van der Waals surface area contributed by atoms with E-state index in [4.69, 9.17) is 4.74 Å². The molecule has 0 spiro atoms. The number of carbonyl (C=O) groups is 1. The van der Waals surface area contributed by atoms with Gasteiger partial charge < -0.3 is 20.4 Å². The van der Waals surface area contributed by atoms with Gasteiger partial charge in [0.2, 0.25) is 5.91 Å². The zero-order valence-electron chi connectivity index (χ0n) is 24.6. The van der Waals surface area contributed by atoms with Gasteiger partial charge in [-0.1, -0.05) is 42.5 Å². The molecule has 5 rings (SSSR count). The minimum absolute atomic E-state index is 0.0286. The lowest BCUT2D eigenvalue weighted by Crippen LogP contribution is -2.41. The Morgan fingerprint density at radius 2 is 1.82 bits per heavy atom. The van der Waals surface area contributed by atoms with Crippen LogP contribution in [0.15, 0.2) is 95.0 Å². The van der Waals surface area contributed by atoms with E-state index >= 15 is 0 Å². The minimum atomic E-state index is -0.972. The predicted octanol–water partition coefficient (Wildman–Crippen LogP) is 6.91. The predicted molar refractivity (Wildman–Crippen MR) is 165 cm³/mol. The molecule has 45 heavy (non-hydrogen) atoms. The summed E-state index contributed by atoms with van der Waals surface area (Å²) in [6, 6.07) is 17.2. The molecule has 0 bridgehead atoms. The van der Waals surface area contributed by atoms with Crippen molar-refractivity contribution in [1.29, 1.82) is 0 Å². The second-order valence-corrected chi connectivity index (χ2v) is 10.9. The van der Waals surface area contributed by atoms with E-state index in [2.05, 4.69) is 32.3 Å². The van der Waals surface area contributed by atoms with Gasteiger partial charge in [0.1, 0.15) is 17.5 Å². The van der Waals surface area contributed by atoms with Crippen LogP contribution < -0.4 is 10.6 Å². The molecule has 1 saturated heterocycles. The smallest absolute Gasteiger partial charge is 0.225 e. The fourth-order valence-corrected chi connectivity index (χ4v) is 5.44. The highest BCUT2D eigenvalue weighted by Crippen LogP contribution is 2.30. The van der Waals surface area contributed by atoms with Crippen LogP contribution in [0.2, 0.25) is 0 Å². The SMILES string of the molecule is C=N/C=C(NC(=O)C[C@H](c1ccccc1)c1ccc(F)cc1)\C(CC[C@@H]1CN[C@H](c2nc3cc(F)c(F)cc3[nH]2)CO1)=C(/C)F. The number of benzene rings is 3. The van der Waals surface area contributed by atoms with Crippen molar-refractivity contribution in [2.45, 2.75) is 44.2 Å². The highest BCUT2D eigenvalue weighted by Gasteiger charge is 2.26. The number of hydrogen-bond donors (Lipinski definition) is 3. The van der Waals surface area contributed by atoms with Gasteiger partial charge in [0, 0.05) is 36.6 Å². The van der Waals surface area contributed by atoms with Crippen LogP contribution in [0, 0.1) is 17.5 Å². The Kier molecular flexibility index (Phi) is 10.2. The first-order chi connectivity index (χ1) is 21.7.